The third kappa shape index (κ3) is 4.50. The molecule has 0 spiro atoms. The second-order valence-corrected chi connectivity index (χ2v) is 4.40. The van der Waals surface area contributed by atoms with E-state index in [0.717, 1.165) is 12.8 Å². The second kappa shape index (κ2) is 6.56. The van der Waals surface area contributed by atoms with E-state index >= 15 is 0 Å². The lowest BCUT2D eigenvalue weighted by atomic mass is 9.95. The summed E-state index contributed by atoms with van der Waals surface area (Å²) in [5.74, 6) is -4.26. The summed E-state index contributed by atoms with van der Waals surface area (Å²) in [6.45, 7) is 1.50. The first-order valence-electron chi connectivity index (χ1n) is 5.95. The van der Waals surface area contributed by atoms with Gasteiger partial charge in [0.2, 0.25) is 5.78 Å². The standard InChI is InChI=1S/C12H16F2O4/c1-2-18-12(17)9(10(16)11(13)14)6-8(15)5-7-3-4-7/h7,9,11H,2-6H2,1H3. The lowest BCUT2D eigenvalue weighted by molar-refractivity contribution is -0.156. The molecule has 0 heterocycles. The van der Waals surface area contributed by atoms with Crippen LogP contribution in [0.15, 0.2) is 0 Å². The molecular formula is C12H16F2O4. The van der Waals surface area contributed by atoms with E-state index in [2.05, 4.69) is 4.74 Å². The number of halogens is 2. The highest BCUT2D eigenvalue weighted by Gasteiger charge is 2.36. The zero-order valence-electron chi connectivity index (χ0n) is 10.2. The van der Waals surface area contributed by atoms with Gasteiger partial charge in [-0.3, -0.25) is 14.4 Å². The number of hydrogen-bond donors (Lipinski definition) is 0. The first-order chi connectivity index (χ1) is 8.45. The van der Waals surface area contributed by atoms with Crippen molar-refractivity contribution in [2.24, 2.45) is 11.8 Å². The van der Waals surface area contributed by atoms with Crippen molar-refractivity contribution >= 4 is 17.5 Å². The molecule has 0 aromatic heterocycles. The SMILES string of the molecule is CCOC(=O)C(CC(=O)CC1CC1)C(=O)C(F)F. The van der Waals surface area contributed by atoms with Crippen LogP contribution in [0.4, 0.5) is 8.78 Å². The van der Waals surface area contributed by atoms with Crippen molar-refractivity contribution in [3.8, 4) is 0 Å². The van der Waals surface area contributed by atoms with E-state index in [1.807, 2.05) is 0 Å². The Morgan fingerprint density at radius 2 is 1.89 bits per heavy atom. The third-order valence-corrected chi connectivity index (χ3v) is 2.77. The van der Waals surface area contributed by atoms with Crippen LogP contribution in [0, 0.1) is 11.8 Å². The number of ketones is 2. The maximum atomic E-state index is 12.3. The number of hydrogen-bond acceptors (Lipinski definition) is 4. The van der Waals surface area contributed by atoms with Gasteiger partial charge in [-0.25, -0.2) is 8.78 Å². The Balaban J connectivity index is 2.60. The number of ether oxygens (including phenoxy) is 1. The first kappa shape index (κ1) is 14.7. The topological polar surface area (TPSA) is 60.4 Å². The summed E-state index contributed by atoms with van der Waals surface area (Å²) in [6.07, 6.45) is -1.59. The molecule has 18 heavy (non-hydrogen) atoms. The van der Waals surface area contributed by atoms with Crippen molar-refractivity contribution in [1.29, 1.82) is 0 Å². The van der Waals surface area contributed by atoms with E-state index in [1.54, 1.807) is 0 Å². The predicted octanol–water partition coefficient (Wildman–Crippen LogP) is 1.76. The van der Waals surface area contributed by atoms with Crippen molar-refractivity contribution in [3.05, 3.63) is 0 Å². The molecule has 1 atom stereocenters. The Morgan fingerprint density at radius 3 is 2.33 bits per heavy atom. The molecule has 1 unspecified atom stereocenters. The predicted molar refractivity (Wildman–Crippen MR) is 58.1 cm³/mol. The fourth-order valence-electron chi connectivity index (χ4n) is 1.65. The average Bonchev–Trinajstić information content (AvgIpc) is 3.08. The van der Waals surface area contributed by atoms with E-state index in [-0.39, 0.29) is 18.8 Å². The van der Waals surface area contributed by atoms with Crippen LogP contribution < -0.4 is 0 Å². The van der Waals surface area contributed by atoms with Crippen molar-refractivity contribution in [1.82, 2.24) is 0 Å². The fraction of sp³-hybridized carbons (Fsp3) is 0.750. The molecule has 102 valence electrons. The van der Waals surface area contributed by atoms with Gasteiger partial charge < -0.3 is 4.74 Å². The van der Waals surface area contributed by atoms with Crippen LogP contribution in [0.5, 0.6) is 0 Å². The minimum Gasteiger partial charge on any atom is -0.465 e. The number of Topliss-reactive ketones (excluding diaryl/α,β-unsaturated/α-hetero) is 2. The number of esters is 1. The summed E-state index contributed by atoms with van der Waals surface area (Å²) in [4.78, 5) is 34.1. The minimum atomic E-state index is -3.26. The normalized spacial score (nSPS) is 16.4. The Kier molecular flexibility index (Phi) is 5.37. The van der Waals surface area contributed by atoms with Crippen molar-refractivity contribution in [2.75, 3.05) is 6.61 Å². The molecule has 0 N–H and O–H groups in total. The average molecular weight is 262 g/mol. The van der Waals surface area contributed by atoms with Gasteiger partial charge >= 0.3 is 5.97 Å². The quantitative estimate of drug-likeness (QED) is 0.494. The number of alkyl halides is 2. The summed E-state index contributed by atoms with van der Waals surface area (Å²) in [6, 6.07) is 0. The number of rotatable bonds is 8. The molecule has 0 aromatic carbocycles. The Labute approximate surface area is 104 Å². The Hall–Kier alpha value is -1.33. The van der Waals surface area contributed by atoms with Crippen molar-refractivity contribution < 1.29 is 27.9 Å². The van der Waals surface area contributed by atoms with Crippen LogP contribution in [0.1, 0.15) is 32.6 Å². The molecular weight excluding hydrogens is 246 g/mol. The Morgan fingerprint density at radius 1 is 1.28 bits per heavy atom. The van der Waals surface area contributed by atoms with Gasteiger partial charge in [-0.15, -0.1) is 0 Å². The highest BCUT2D eigenvalue weighted by molar-refractivity contribution is 6.03. The molecule has 0 radical (unpaired) electrons. The van der Waals surface area contributed by atoms with Gasteiger partial charge in [-0.05, 0) is 25.7 Å². The summed E-state index contributed by atoms with van der Waals surface area (Å²) in [5.41, 5.74) is 0. The second-order valence-electron chi connectivity index (χ2n) is 4.40. The van der Waals surface area contributed by atoms with Crippen LogP contribution >= 0.6 is 0 Å². The number of carbonyl (C=O) groups is 3. The van der Waals surface area contributed by atoms with Crippen molar-refractivity contribution in [2.45, 2.75) is 39.0 Å². The molecule has 4 nitrogen and oxygen atoms in total. The zero-order chi connectivity index (χ0) is 13.7. The molecule has 1 aliphatic carbocycles. The third-order valence-electron chi connectivity index (χ3n) is 2.77. The summed E-state index contributed by atoms with van der Waals surface area (Å²) in [5, 5.41) is 0. The monoisotopic (exact) mass is 262 g/mol. The molecule has 1 saturated carbocycles. The largest absolute Gasteiger partial charge is 0.465 e. The molecule has 0 amide bonds. The van der Waals surface area contributed by atoms with Gasteiger partial charge in [0.15, 0.2) is 0 Å². The van der Waals surface area contributed by atoms with Crippen LogP contribution in [0.3, 0.4) is 0 Å². The molecule has 0 aliphatic heterocycles. The molecule has 1 fully saturated rings. The minimum absolute atomic E-state index is 0.0112. The van der Waals surface area contributed by atoms with E-state index in [4.69, 9.17) is 0 Å². The van der Waals surface area contributed by atoms with Crippen LogP contribution in [0.25, 0.3) is 0 Å². The van der Waals surface area contributed by atoms with Gasteiger partial charge in [-0.1, -0.05) is 0 Å². The maximum absolute atomic E-state index is 12.3. The molecule has 1 rings (SSSR count). The van der Waals surface area contributed by atoms with Gasteiger partial charge in [0.1, 0.15) is 11.7 Å². The highest BCUT2D eigenvalue weighted by Crippen LogP contribution is 2.33. The van der Waals surface area contributed by atoms with Crippen LogP contribution in [0.2, 0.25) is 0 Å². The van der Waals surface area contributed by atoms with Gasteiger partial charge in [0, 0.05) is 12.8 Å². The smallest absolute Gasteiger partial charge is 0.317 e. The highest BCUT2D eigenvalue weighted by atomic mass is 19.3. The van der Waals surface area contributed by atoms with Crippen LogP contribution in [-0.4, -0.2) is 30.6 Å². The van der Waals surface area contributed by atoms with Crippen molar-refractivity contribution in [3.63, 3.8) is 0 Å². The molecule has 0 aromatic rings. The van der Waals surface area contributed by atoms with Gasteiger partial charge in [0.05, 0.1) is 6.61 Å². The summed E-state index contributed by atoms with van der Waals surface area (Å²) < 4.78 is 29.2. The van der Waals surface area contributed by atoms with E-state index < -0.39 is 30.5 Å². The van der Waals surface area contributed by atoms with E-state index in [1.165, 1.54) is 6.92 Å². The van der Waals surface area contributed by atoms with E-state index in [9.17, 15) is 23.2 Å². The summed E-state index contributed by atoms with van der Waals surface area (Å²) >= 11 is 0. The lowest BCUT2D eigenvalue weighted by Gasteiger charge is -2.13. The van der Waals surface area contributed by atoms with E-state index in [0.29, 0.717) is 5.92 Å². The maximum Gasteiger partial charge on any atom is 0.317 e. The fourth-order valence-corrected chi connectivity index (χ4v) is 1.65. The number of carbonyl (C=O) groups excluding carboxylic acids is 3. The van der Waals surface area contributed by atoms with Gasteiger partial charge in [0.25, 0.3) is 6.43 Å². The molecule has 0 saturated heterocycles. The zero-order valence-corrected chi connectivity index (χ0v) is 10.2. The molecule has 0 bridgehead atoms. The van der Waals surface area contributed by atoms with Gasteiger partial charge in [-0.2, -0.15) is 0 Å². The summed E-state index contributed by atoms with van der Waals surface area (Å²) in [7, 11) is 0. The molecule has 1 aliphatic rings. The Bertz CT molecular complexity index is 337. The first-order valence-corrected chi connectivity index (χ1v) is 5.95. The molecule has 6 heteroatoms. The van der Waals surface area contributed by atoms with Crippen LogP contribution in [-0.2, 0) is 19.1 Å². The lowest BCUT2D eigenvalue weighted by Crippen LogP contribution is -2.32.